The summed E-state index contributed by atoms with van der Waals surface area (Å²) < 4.78 is 23.0. The Morgan fingerprint density at radius 2 is 1.12 bits per heavy atom. The molecule has 1 heterocycles. The summed E-state index contributed by atoms with van der Waals surface area (Å²) in [6.45, 7) is -4.15. The zero-order valence-electron chi connectivity index (χ0n) is 11.2. The van der Waals surface area contributed by atoms with Crippen molar-refractivity contribution in [2.45, 2.75) is 6.42 Å². The van der Waals surface area contributed by atoms with Crippen LogP contribution in [-0.2, 0) is 11.0 Å². The van der Waals surface area contributed by atoms with Crippen LogP contribution >= 0.6 is 87.8 Å². The normalized spacial score (nSPS) is 15.5. The molecule has 3 rings (SSSR count). The van der Waals surface area contributed by atoms with E-state index in [1.165, 1.54) is 12.1 Å². The van der Waals surface area contributed by atoms with Crippen molar-refractivity contribution in [2.75, 3.05) is 0 Å². The zero-order valence-corrected chi connectivity index (χ0v) is 17.4. The predicted molar refractivity (Wildman–Crippen MR) is 100 cm³/mol. The summed E-state index contributed by atoms with van der Waals surface area (Å²) in [4.78, 5) is 0. The molecule has 2 aromatic carbocycles. The number of benzene rings is 2. The second-order valence-electron chi connectivity index (χ2n) is 4.71. The van der Waals surface area contributed by atoms with Gasteiger partial charge in [0.1, 0.15) is 0 Å². The Morgan fingerprint density at radius 3 is 1.50 bits per heavy atom. The molecule has 2 aromatic rings. The first kappa shape index (κ1) is 19.1. The maximum absolute atomic E-state index is 12.5. The van der Waals surface area contributed by atoms with Crippen LogP contribution in [0.1, 0.15) is 11.1 Å². The fourth-order valence-corrected chi connectivity index (χ4v) is 5.09. The fraction of sp³-hybridized carbons (Fsp3) is 0.0769. The van der Waals surface area contributed by atoms with E-state index in [1.54, 1.807) is 0 Å². The summed E-state index contributed by atoms with van der Waals surface area (Å²) in [5, 5.41) is 0.787. The van der Waals surface area contributed by atoms with Gasteiger partial charge in [-0.1, -0.05) is 69.6 Å². The maximum atomic E-state index is 12.5. The molecule has 0 bridgehead atoms. The topological polar surface area (TPSA) is 35.5 Å². The van der Waals surface area contributed by atoms with Crippen molar-refractivity contribution in [3.63, 3.8) is 0 Å². The van der Waals surface area contributed by atoms with Crippen molar-refractivity contribution >= 4 is 87.8 Å². The van der Waals surface area contributed by atoms with Gasteiger partial charge in [-0.15, -0.1) is 0 Å². The number of hydrogen-bond donors (Lipinski definition) is 0. The van der Waals surface area contributed by atoms with Crippen LogP contribution in [0.25, 0.3) is 0 Å². The third-order valence-electron chi connectivity index (χ3n) is 3.19. The van der Waals surface area contributed by atoms with Gasteiger partial charge in [-0.05, 0) is 12.1 Å². The SMILES string of the molecule is O=P1(Cl)Oc2c(Cl)cc(Cl)c(Cl)c2Cc2c(Cl)c(Cl)cc(Cl)c2O1. The summed E-state index contributed by atoms with van der Waals surface area (Å²) in [6.07, 6.45) is 0.0692. The Balaban J connectivity index is 2.37. The summed E-state index contributed by atoms with van der Waals surface area (Å²) >= 11 is 42.7. The van der Waals surface area contributed by atoms with Gasteiger partial charge in [0.15, 0.2) is 11.5 Å². The van der Waals surface area contributed by atoms with Crippen LogP contribution in [0.2, 0.25) is 30.1 Å². The predicted octanol–water partition coefficient (Wildman–Crippen LogP) is 8.32. The highest BCUT2D eigenvalue weighted by molar-refractivity contribution is 7.82. The van der Waals surface area contributed by atoms with Crippen LogP contribution in [0.15, 0.2) is 12.1 Å². The average Bonchev–Trinajstić information content (AvgIpc) is 2.47. The summed E-state index contributed by atoms with van der Waals surface area (Å²) in [6, 6.07) is 2.69. The Morgan fingerprint density at radius 1 is 0.750 bits per heavy atom. The summed E-state index contributed by atoms with van der Waals surface area (Å²) in [7, 11) is 0. The largest absolute Gasteiger partial charge is 0.530 e. The molecule has 0 atom stereocenters. The highest BCUT2D eigenvalue weighted by Crippen LogP contribution is 2.60. The first-order valence-electron chi connectivity index (χ1n) is 6.12. The second-order valence-corrected chi connectivity index (χ2v) is 9.57. The quantitative estimate of drug-likeness (QED) is 0.277. The molecule has 1 aliphatic heterocycles. The van der Waals surface area contributed by atoms with E-state index >= 15 is 0 Å². The third kappa shape index (κ3) is 3.43. The summed E-state index contributed by atoms with van der Waals surface area (Å²) in [5.74, 6) is -0.0237. The van der Waals surface area contributed by atoms with Gasteiger partial charge in [0.2, 0.25) is 0 Å². The number of rotatable bonds is 0. The van der Waals surface area contributed by atoms with E-state index in [4.69, 9.17) is 89.9 Å². The minimum Gasteiger partial charge on any atom is -0.403 e. The molecule has 0 spiro atoms. The van der Waals surface area contributed by atoms with E-state index in [0.717, 1.165) is 0 Å². The molecule has 128 valence electrons. The van der Waals surface area contributed by atoms with Crippen LogP contribution in [0.5, 0.6) is 11.5 Å². The van der Waals surface area contributed by atoms with Crippen molar-refractivity contribution in [1.82, 2.24) is 0 Å². The lowest BCUT2D eigenvalue weighted by molar-refractivity contribution is 0.399. The first-order chi connectivity index (χ1) is 11.1. The fourth-order valence-electron chi connectivity index (χ4n) is 2.18. The molecular formula is C13H4Cl7O3P. The van der Waals surface area contributed by atoms with Gasteiger partial charge < -0.3 is 9.05 Å². The second kappa shape index (κ2) is 6.79. The van der Waals surface area contributed by atoms with Gasteiger partial charge in [-0.3, -0.25) is 0 Å². The molecule has 0 aliphatic carbocycles. The van der Waals surface area contributed by atoms with Crippen LogP contribution in [0, 0.1) is 0 Å². The van der Waals surface area contributed by atoms with Gasteiger partial charge in [0, 0.05) is 28.8 Å². The van der Waals surface area contributed by atoms with Gasteiger partial charge >= 0.3 is 6.95 Å². The zero-order chi connectivity index (χ0) is 17.8. The lowest BCUT2D eigenvalue weighted by atomic mass is 10.0. The molecule has 0 radical (unpaired) electrons. The average molecular weight is 487 g/mol. The van der Waals surface area contributed by atoms with Crippen LogP contribution in [0.3, 0.4) is 0 Å². The van der Waals surface area contributed by atoms with E-state index in [9.17, 15) is 4.57 Å². The molecule has 0 N–H and O–H groups in total. The van der Waals surface area contributed by atoms with E-state index in [0.29, 0.717) is 11.1 Å². The number of hydrogen-bond acceptors (Lipinski definition) is 3. The Hall–Kier alpha value is 0.300. The highest BCUT2D eigenvalue weighted by Gasteiger charge is 2.35. The Kier molecular flexibility index (Phi) is 5.40. The number of fused-ring (bicyclic) bond motifs is 2. The summed E-state index contributed by atoms with van der Waals surface area (Å²) in [5.41, 5.74) is 0.666. The standard InChI is InChI=1S/C13H4Cl7O3P/c14-6-2-8(16)12-4(10(6)18)1-5-11(19)7(15)3-9(17)13(5)23-24(20,21)22-12/h2-3H,1H2. The van der Waals surface area contributed by atoms with Crippen LogP contribution in [0.4, 0.5) is 0 Å². The Labute approximate surface area is 171 Å². The van der Waals surface area contributed by atoms with Gasteiger partial charge in [-0.2, -0.15) is 0 Å². The molecule has 1 aliphatic rings. The van der Waals surface area contributed by atoms with Crippen molar-refractivity contribution in [2.24, 2.45) is 0 Å². The molecule has 0 unspecified atom stereocenters. The highest BCUT2D eigenvalue weighted by atomic mass is 35.7. The monoisotopic (exact) mass is 484 g/mol. The van der Waals surface area contributed by atoms with Gasteiger partial charge in [-0.25, -0.2) is 4.57 Å². The number of halogens is 7. The molecule has 3 nitrogen and oxygen atoms in total. The van der Waals surface area contributed by atoms with Crippen molar-refractivity contribution < 1.29 is 13.6 Å². The van der Waals surface area contributed by atoms with E-state index in [1.807, 2.05) is 0 Å². The molecular weight excluding hydrogens is 483 g/mol. The first-order valence-corrected chi connectivity index (χ1v) is 10.8. The molecule has 0 saturated carbocycles. The maximum Gasteiger partial charge on any atom is 0.530 e. The van der Waals surface area contributed by atoms with Crippen LogP contribution in [-0.4, -0.2) is 0 Å². The van der Waals surface area contributed by atoms with Crippen molar-refractivity contribution in [1.29, 1.82) is 0 Å². The molecule has 0 aromatic heterocycles. The van der Waals surface area contributed by atoms with E-state index in [2.05, 4.69) is 0 Å². The van der Waals surface area contributed by atoms with Crippen molar-refractivity contribution in [3.8, 4) is 11.5 Å². The Bertz CT molecular complexity index is 846. The third-order valence-corrected chi connectivity index (χ3v) is 6.62. The van der Waals surface area contributed by atoms with E-state index < -0.39 is 6.95 Å². The minimum atomic E-state index is -4.15. The smallest absolute Gasteiger partial charge is 0.403 e. The molecule has 0 saturated heterocycles. The molecule has 0 fully saturated rings. The van der Waals surface area contributed by atoms with Crippen LogP contribution < -0.4 is 9.05 Å². The van der Waals surface area contributed by atoms with E-state index in [-0.39, 0.29) is 48.1 Å². The lowest BCUT2D eigenvalue weighted by Gasteiger charge is -2.25. The van der Waals surface area contributed by atoms with Gasteiger partial charge in [0.25, 0.3) is 0 Å². The lowest BCUT2D eigenvalue weighted by Crippen LogP contribution is -2.07. The molecule has 24 heavy (non-hydrogen) atoms. The van der Waals surface area contributed by atoms with Gasteiger partial charge in [0.05, 0.1) is 30.1 Å². The minimum absolute atomic E-state index is 0.0118. The molecule has 11 heteroatoms. The van der Waals surface area contributed by atoms with Crippen molar-refractivity contribution in [3.05, 3.63) is 53.4 Å². The molecule has 0 amide bonds.